The molecule has 1 fully saturated rings. The molecular formula is C19H24N6O. The van der Waals surface area contributed by atoms with Gasteiger partial charge in [-0.1, -0.05) is 24.3 Å². The van der Waals surface area contributed by atoms with Gasteiger partial charge >= 0.3 is 5.69 Å². The summed E-state index contributed by atoms with van der Waals surface area (Å²) in [5, 5.41) is 0. The summed E-state index contributed by atoms with van der Waals surface area (Å²) in [4.78, 5) is 19.5. The minimum atomic E-state index is -0.0963. The van der Waals surface area contributed by atoms with Gasteiger partial charge in [0, 0.05) is 31.7 Å². The van der Waals surface area contributed by atoms with Crippen LogP contribution in [0, 0.1) is 0 Å². The molecule has 0 saturated carbocycles. The number of aromatic nitrogens is 3. The molecule has 0 aliphatic carbocycles. The molecular weight excluding hydrogens is 328 g/mol. The van der Waals surface area contributed by atoms with Crippen molar-refractivity contribution >= 4 is 11.3 Å². The van der Waals surface area contributed by atoms with Gasteiger partial charge in [0.2, 0.25) is 0 Å². The summed E-state index contributed by atoms with van der Waals surface area (Å²) in [6, 6.07) is 10.1. The predicted octanol–water partition coefficient (Wildman–Crippen LogP) is 0.930. The molecule has 4 rings (SSSR count). The number of anilines is 1. The standard InChI is InChI=1S/C19H24N6O/c20-9-14-4-1-2-5-15(14)11-24-18(23-7-3-6-16(21)12-23)8-17-10-22-13-25(17)19(24)26/h1-2,4-5,8,10,13,16H,3,6-7,9,11-12,20-21H2. The van der Waals surface area contributed by atoms with E-state index >= 15 is 0 Å². The Kier molecular flexibility index (Phi) is 4.48. The Balaban J connectivity index is 1.84. The number of piperidine rings is 1. The van der Waals surface area contributed by atoms with Gasteiger partial charge < -0.3 is 16.4 Å². The number of nitrogens with two attached hydrogens (primary N) is 2. The van der Waals surface area contributed by atoms with Crippen molar-refractivity contribution < 1.29 is 0 Å². The van der Waals surface area contributed by atoms with Crippen molar-refractivity contribution in [3.05, 3.63) is 64.5 Å². The number of benzene rings is 1. The number of hydrogen-bond donors (Lipinski definition) is 2. The van der Waals surface area contributed by atoms with E-state index in [9.17, 15) is 4.79 Å². The normalized spacial score (nSPS) is 17.8. The van der Waals surface area contributed by atoms with Gasteiger partial charge in [-0.2, -0.15) is 0 Å². The fraction of sp³-hybridized carbons (Fsp3) is 0.368. The minimum absolute atomic E-state index is 0.0963. The number of fused-ring (bicyclic) bond motifs is 1. The maximum atomic E-state index is 13.1. The van der Waals surface area contributed by atoms with Crippen molar-refractivity contribution in [3.8, 4) is 0 Å². The van der Waals surface area contributed by atoms with Gasteiger partial charge in [-0.3, -0.25) is 8.97 Å². The van der Waals surface area contributed by atoms with Crippen LogP contribution in [0.1, 0.15) is 24.0 Å². The van der Waals surface area contributed by atoms with Crippen molar-refractivity contribution in [2.24, 2.45) is 11.5 Å². The van der Waals surface area contributed by atoms with Crippen LogP contribution in [0.25, 0.3) is 5.52 Å². The van der Waals surface area contributed by atoms with E-state index in [4.69, 9.17) is 11.5 Å². The second-order valence-electron chi connectivity index (χ2n) is 6.88. The molecule has 0 bridgehead atoms. The first-order valence-corrected chi connectivity index (χ1v) is 9.00. The fourth-order valence-electron chi connectivity index (χ4n) is 3.72. The van der Waals surface area contributed by atoms with E-state index in [1.165, 1.54) is 0 Å². The van der Waals surface area contributed by atoms with E-state index in [1.54, 1.807) is 21.5 Å². The Morgan fingerprint density at radius 1 is 1.23 bits per heavy atom. The highest BCUT2D eigenvalue weighted by atomic mass is 16.1. The Bertz CT molecular complexity index is 976. The van der Waals surface area contributed by atoms with Crippen molar-refractivity contribution in [1.29, 1.82) is 0 Å². The summed E-state index contributed by atoms with van der Waals surface area (Å²) in [5.41, 5.74) is 14.9. The average molecular weight is 352 g/mol. The quantitative estimate of drug-likeness (QED) is 0.728. The molecule has 2 aromatic heterocycles. The third-order valence-corrected chi connectivity index (χ3v) is 5.11. The van der Waals surface area contributed by atoms with Crippen molar-refractivity contribution in [3.63, 3.8) is 0 Å². The van der Waals surface area contributed by atoms with Gasteiger partial charge in [0.25, 0.3) is 0 Å². The smallest absolute Gasteiger partial charge is 0.335 e. The van der Waals surface area contributed by atoms with Crippen LogP contribution in [0.3, 0.4) is 0 Å². The lowest BCUT2D eigenvalue weighted by molar-refractivity contribution is 0.494. The zero-order chi connectivity index (χ0) is 18.1. The maximum absolute atomic E-state index is 13.1. The van der Waals surface area contributed by atoms with Crippen LogP contribution in [-0.2, 0) is 13.1 Å². The van der Waals surface area contributed by atoms with Gasteiger partial charge in [0.1, 0.15) is 12.1 Å². The molecule has 4 N–H and O–H groups in total. The second kappa shape index (κ2) is 6.93. The van der Waals surface area contributed by atoms with Crippen LogP contribution in [0.5, 0.6) is 0 Å². The molecule has 1 atom stereocenters. The number of hydrogen-bond acceptors (Lipinski definition) is 5. The second-order valence-corrected chi connectivity index (χ2v) is 6.88. The Hall–Kier alpha value is -2.64. The van der Waals surface area contributed by atoms with E-state index < -0.39 is 0 Å². The van der Waals surface area contributed by atoms with Crippen LogP contribution in [-0.4, -0.2) is 33.1 Å². The first-order chi connectivity index (χ1) is 12.7. The molecule has 1 unspecified atom stereocenters. The summed E-state index contributed by atoms with van der Waals surface area (Å²) in [6.07, 6.45) is 5.33. The zero-order valence-corrected chi connectivity index (χ0v) is 14.7. The Morgan fingerprint density at radius 3 is 2.81 bits per heavy atom. The summed E-state index contributed by atoms with van der Waals surface area (Å²) < 4.78 is 3.39. The number of nitrogens with zero attached hydrogens (tertiary/aromatic N) is 4. The van der Waals surface area contributed by atoms with Crippen LogP contribution in [0.15, 0.2) is 47.7 Å². The topological polar surface area (TPSA) is 94.6 Å². The van der Waals surface area contributed by atoms with Crippen LogP contribution in [0.4, 0.5) is 5.82 Å². The molecule has 136 valence electrons. The predicted molar refractivity (Wildman–Crippen MR) is 102 cm³/mol. The van der Waals surface area contributed by atoms with E-state index in [0.29, 0.717) is 13.1 Å². The summed E-state index contributed by atoms with van der Waals surface area (Å²) >= 11 is 0. The number of rotatable bonds is 4. The molecule has 0 amide bonds. The third-order valence-electron chi connectivity index (χ3n) is 5.11. The van der Waals surface area contributed by atoms with Crippen molar-refractivity contribution in [2.75, 3.05) is 18.0 Å². The Labute approximate surface area is 151 Å². The van der Waals surface area contributed by atoms with Crippen LogP contribution < -0.4 is 22.1 Å². The first kappa shape index (κ1) is 16.8. The average Bonchev–Trinajstić information content (AvgIpc) is 3.13. The van der Waals surface area contributed by atoms with Gasteiger partial charge in [-0.05, 0) is 24.0 Å². The molecule has 26 heavy (non-hydrogen) atoms. The summed E-state index contributed by atoms with van der Waals surface area (Å²) in [5.74, 6) is 0.893. The lowest BCUT2D eigenvalue weighted by Crippen LogP contribution is -2.45. The van der Waals surface area contributed by atoms with Crippen molar-refractivity contribution in [1.82, 2.24) is 14.0 Å². The molecule has 1 saturated heterocycles. The van der Waals surface area contributed by atoms with Gasteiger partial charge in [-0.25, -0.2) is 9.78 Å². The first-order valence-electron chi connectivity index (χ1n) is 9.00. The Morgan fingerprint density at radius 2 is 2.04 bits per heavy atom. The minimum Gasteiger partial charge on any atom is -0.356 e. The van der Waals surface area contributed by atoms with Crippen LogP contribution >= 0.6 is 0 Å². The van der Waals surface area contributed by atoms with Gasteiger partial charge in [-0.15, -0.1) is 0 Å². The largest absolute Gasteiger partial charge is 0.356 e. The fourth-order valence-corrected chi connectivity index (χ4v) is 3.72. The van der Waals surface area contributed by atoms with E-state index in [2.05, 4.69) is 9.88 Å². The highest BCUT2D eigenvalue weighted by Crippen LogP contribution is 2.22. The molecule has 3 heterocycles. The molecule has 1 aliphatic rings. The van der Waals surface area contributed by atoms with Crippen LogP contribution in [0.2, 0.25) is 0 Å². The molecule has 7 heteroatoms. The van der Waals surface area contributed by atoms with E-state index in [1.807, 2.05) is 30.3 Å². The van der Waals surface area contributed by atoms with Gasteiger partial charge in [0.05, 0.1) is 18.3 Å². The third kappa shape index (κ3) is 3.00. The molecule has 3 aromatic rings. The zero-order valence-electron chi connectivity index (χ0n) is 14.7. The van der Waals surface area contributed by atoms with Crippen molar-refractivity contribution in [2.45, 2.75) is 32.0 Å². The maximum Gasteiger partial charge on any atom is 0.335 e. The highest BCUT2D eigenvalue weighted by molar-refractivity contribution is 5.56. The van der Waals surface area contributed by atoms with Gasteiger partial charge in [0.15, 0.2) is 0 Å². The molecule has 0 radical (unpaired) electrons. The summed E-state index contributed by atoms with van der Waals surface area (Å²) in [6.45, 7) is 2.57. The molecule has 1 aliphatic heterocycles. The highest BCUT2D eigenvalue weighted by Gasteiger charge is 2.21. The summed E-state index contributed by atoms with van der Waals surface area (Å²) in [7, 11) is 0. The monoisotopic (exact) mass is 352 g/mol. The lowest BCUT2D eigenvalue weighted by atomic mass is 10.1. The number of imidazole rings is 1. The molecule has 7 nitrogen and oxygen atoms in total. The SMILES string of the molecule is NCc1ccccc1Cn1c(N2CCCC(N)C2)cc2cncn2c1=O. The lowest BCUT2D eigenvalue weighted by Gasteiger charge is -2.34. The molecule has 0 spiro atoms. The van der Waals surface area contributed by atoms with E-state index in [-0.39, 0.29) is 11.7 Å². The molecule has 1 aromatic carbocycles. The van der Waals surface area contributed by atoms with E-state index in [0.717, 1.165) is 48.4 Å².